The third-order valence-corrected chi connectivity index (χ3v) is 7.76. The first kappa shape index (κ1) is 23.2. The van der Waals surface area contributed by atoms with Crippen molar-refractivity contribution in [3.63, 3.8) is 0 Å². The molecular formula is C22H24FN3O3S2. The number of amides is 1. The van der Waals surface area contributed by atoms with Gasteiger partial charge in [-0.2, -0.15) is 4.31 Å². The molecule has 164 valence electrons. The van der Waals surface area contributed by atoms with Crippen LogP contribution in [0.1, 0.15) is 19.4 Å². The lowest BCUT2D eigenvalue weighted by Gasteiger charge is -2.19. The number of anilines is 1. The average molecular weight is 462 g/mol. The van der Waals surface area contributed by atoms with Crippen LogP contribution in [0.25, 0.3) is 10.9 Å². The summed E-state index contributed by atoms with van der Waals surface area (Å²) in [6, 6.07) is 12.7. The number of hydrogen-bond acceptors (Lipinski definition) is 5. The van der Waals surface area contributed by atoms with Crippen molar-refractivity contribution in [3.8, 4) is 0 Å². The second-order valence-electron chi connectivity index (χ2n) is 6.86. The monoisotopic (exact) mass is 461 g/mol. The number of nitrogens with one attached hydrogen (secondary N) is 1. The highest BCUT2D eigenvalue weighted by Gasteiger charge is 2.22. The molecule has 0 bridgehead atoms. The smallest absolute Gasteiger partial charge is 0.243 e. The third kappa shape index (κ3) is 5.23. The van der Waals surface area contributed by atoms with Gasteiger partial charge in [0.05, 0.1) is 26.9 Å². The van der Waals surface area contributed by atoms with E-state index in [2.05, 4.69) is 10.3 Å². The summed E-state index contributed by atoms with van der Waals surface area (Å²) < 4.78 is 40.7. The summed E-state index contributed by atoms with van der Waals surface area (Å²) in [6.07, 6.45) is 0. The third-order valence-electron chi connectivity index (χ3n) is 4.81. The number of thioether (sulfide) groups is 1. The van der Waals surface area contributed by atoms with Crippen molar-refractivity contribution in [2.75, 3.05) is 24.2 Å². The first-order chi connectivity index (χ1) is 14.8. The summed E-state index contributed by atoms with van der Waals surface area (Å²) in [5, 5.41) is 3.92. The molecular weight excluding hydrogens is 437 g/mol. The van der Waals surface area contributed by atoms with Crippen molar-refractivity contribution >= 4 is 44.3 Å². The fraction of sp³-hybridized carbons (Fsp3) is 0.273. The Bertz CT molecular complexity index is 1210. The second kappa shape index (κ2) is 9.76. The fourth-order valence-corrected chi connectivity index (χ4v) is 5.44. The highest BCUT2D eigenvalue weighted by molar-refractivity contribution is 7.99. The van der Waals surface area contributed by atoms with E-state index in [1.54, 1.807) is 44.2 Å². The van der Waals surface area contributed by atoms with E-state index in [9.17, 15) is 17.6 Å². The Hall–Kier alpha value is -2.49. The SMILES string of the molecule is CCN(CC)S(=O)(=O)c1ccc2nc(SCC(=O)Nc3ccccc3F)cc(C)c2c1. The van der Waals surface area contributed by atoms with Gasteiger partial charge >= 0.3 is 0 Å². The van der Waals surface area contributed by atoms with Crippen LogP contribution in [-0.4, -0.2) is 42.5 Å². The molecule has 9 heteroatoms. The number of aryl methyl sites for hydroxylation is 1. The number of rotatable bonds is 8. The lowest BCUT2D eigenvalue weighted by molar-refractivity contribution is -0.113. The topological polar surface area (TPSA) is 79.4 Å². The molecule has 6 nitrogen and oxygen atoms in total. The number of halogens is 1. The maximum atomic E-state index is 13.7. The standard InChI is InChI=1S/C22H24FN3O3S2/c1-4-26(5-2)31(28,29)16-10-11-19-17(13-16)15(3)12-22(25-19)30-14-21(27)24-20-9-7-6-8-18(20)23/h6-13H,4-5,14H2,1-3H3,(H,24,27). The van der Waals surface area contributed by atoms with Gasteiger partial charge in [-0.15, -0.1) is 0 Å². The molecule has 1 aromatic heterocycles. The molecule has 0 spiro atoms. The zero-order valence-corrected chi connectivity index (χ0v) is 19.2. The van der Waals surface area contributed by atoms with Crippen molar-refractivity contribution < 1.29 is 17.6 Å². The first-order valence-corrected chi connectivity index (χ1v) is 12.3. The van der Waals surface area contributed by atoms with E-state index in [1.807, 2.05) is 13.0 Å². The van der Waals surface area contributed by atoms with Crippen molar-refractivity contribution in [2.45, 2.75) is 30.7 Å². The normalized spacial score (nSPS) is 11.8. The molecule has 0 aliphatic rings. The van der Waals surface area contributed by atoms with Crippen LogP contribution in [0.4, 0.5) is 10.1 Å². The molecule has 0 unspecified atom stereocenters. The molecule has 0 aliphatic heterocycles. The van der Waals surface area contributed by atoms with Crippen LogP contribution in [0, 0.1) is 12.7 Å². The summed E-state index contributed by atoms with van der Waals surface area (Å²) in [7, 11) is -3.56. The van der Waals surface area contributed by atoms with Crippen molar-refractivity contribution in [3.05, 3.63) is 59.9 Å². The molecule has 0 saturated carbocycles. The van der Waals surface area contributed by atoms with Gasteiger partial charge in [0.1, 0.15) is 5.82 Å². The van der Waals surface area contributed by atoms with Crippen LogP contribution < -0.4 is 5.32 Å². The molecule has 0 saturated heterocycles. The van der Waals surface area contributed by atoms with E-state index >= 15 is 0 Å². The van der Waals surface area contributed by atoms with E-state index in [4.69, 9.17) is 0 Å². The van der Waals surface area contributed by atoms with Gasteiger partial charge in [-0.3, -0.25) is 4.79 Å². The minimum atomic E-state index is -3.56. The van der Waals surface area contributed by atoms with Gasteiger partial charge in [0.15, 0.2) is 0 Å². The number of sulfonamides is 1. The van der Waals surface area contributed by atoms with Crippen LogP contribution in [0.15, 0.2) is 58.5 Å². The summed E-state index contributed by atoms with van der Waals surface area (Å²) in [5.74, 6) is -0.757. The van der Waals surface area contributed by atoms with E-state index in [0.29, 0.717) is 23.6 Å². The van der Waals surface area contributed by atoms with Crippen LogP contribution in [-0.2, 0) is 14.8 Å². The molecule has 1 N–H and O–H groups in total. The number of hydrogen-bond donors (Lipinski definition) is 1. The predicted molar refractivity (Wildman–Crippen MR) is 122 cm³/mol. The number of para-hydroxylation sites is 1. The van der Waals surface area contributed by atoms with Crippen LogP contribution in [0.5, 0.6) is 0 Å². The largest absolute Gasteiger partial charge is 0.323 e. The summed E-state index contributed by atoms with van der Waals surface area (Å²) in [6.45, 7) is 6.29. The minimum absolute atomic E-state index is 0.0701. The van der Waals surface area contributed by atoms with Gasteiger partial charge in [0, 0.05) is 18.5 Å². The molecule has 1 heterocycles. The molecule has 31 heavy (non-hydrogen) atoms. The number of nitrogens with zero attached hydrogens (tertiary/aromatic N) is 2. The molecule has 1 amide bonds. The van der Waals surface area contributed by atoms with E-state index in [0.717, 1.165) is 10.9 Å². The average Bonchev–Trinajstić information content (AvgIpc) is 2.74. The Morgan fingerprint density at radius 1 is 1.13 bits per heavy atom. The molecule has 3 aromatic rings. The van der Waals surface area contributed by atoms with Crippen molar-refractivity contribution in [2.24, 2.45) is 0 Å². The van der Waals surface area contributed by atoms with Crippen molar-refractivity contribution in [1.29, 1.82) is 0 Å². The van der Waals surface area contributed by atoms with Gasteiger partial charge in [0.25, 0.3) is 0 Å². The molecule has 0 radical (unpaired) electrons. The number of aromatic nitrogens is 1. The minimum Gasteiger partial charge on any atom is -0.323 e. The molecule has 3 rings (SSSR count). The second-order valence-corrected chi connectivity index (χ2v) is 9.80. The Morgan fingerprint density at radius 2 is 1.84 bits per heavy atom. The molecule has 0 aliphatic carbocycles. The quantitative estimate of drug-likeness (QED) is 0.502. The van der Waals surface area contributed by atoms with Gasteiger partial charge < -0.3 is 5.32 Å². The molecule has 0 atom stereocenters. The predicted octanol–water partition coefficient (Wildman–Crippen LogP) is 4.44. The Labute approximate surface area is 185 Å². The number of carbonyl (C=O) groups excluding carboxylic acids is 1. The van der Waals surface area contributed by atoms with Gasteiger partial charge in [-0.1, -0.05) is 37.7 Å². The zero-order valence-electron chi connectivity index (χ0n) is 17.6. The zero-order chi connectivity index (χ0) is 22.6. The fourth-order valence-electron chi connectivity index (χ4n) is 3.18. The van der Waals surface area contributed by atoms with Gasteiger partial charge in [0.2, 0.25) is 15.9 Å². The van der Waals surface area contributed by atoms with Crippen LogP contribution in [0.3, 0.4) is 0 Å². The molecule has 0 fully saturated rings. The maximum Gasteiger partial charge on any atom is 0.243 e. The number of benzene rings is 2. The Balaban J connectivity index is 1.78. The Morgan fingerprint density at radius 3 is 2.52 bits per heavy atom. The van der Waals surface area contributed by atoms with Crippen LogP contribution >= 0.6 is 11.8 Å². The number of carbonyl (C=O) groups is 1. The summed E-state index contributed by atoms with van der Waals surface area (Å²) in [5.41, 5.74) is 1.65. The number of fused-ring (bicyclic) bond motifs is 1. The van der Waals surface area contributed by atoms with Gasteiger partial charge in [-0.25, -0.2) is 17.8 Å². The molecule has 2 aromatic carbocycles. The highest BCUT2D eigenvalue weighted by atomic mass is 32.2. The number of pyridine rings is 1. The first-order valence-electron chi connectivity index (χ1n) is 9.85. The lowest BCUT2D eigenvalue weighted by atomic mass is 10.1. The van der Waals surface area contributed by atoms with Crippen molar-refractivity contribution in [1.82, 2.24) is 9.29 Å². The van der Waals surface area contributed by atoms with E-state index in [-0.39, 0.29) is 22.2 Å². The summed E-state index contributed by atoms with van der Waals surface area (Å²) >= 11 is 1.23. The van der Waals surface area contributed by atoms with E-state index in [1.165, 1.54) is 28.2 Å². The Kier molecular flexibility index (Phi) is 7.30. The summed E-state index contributed by atoms with van der Waals surface area (Å²) in [4.78, 5) is 16.9. The maximum absolute atomic E-state index is 13.7. The lowest BCUT2D eigenvalue weighted by Crippen LogP contribution is -2.30. The van der Waals surface area contributed by atoms with Gasteiger partial charge in [-0.05, 0) is 48.9 Å². The van der Waals surface area contributed by atoms with E-state index < -0.39 is 15.8 Å². The van der Waals surface area contributed by atoms with Crippen LogP contribution in [0.2, 0.25) is 0 Å². The highest BCUT2D eigenvalue weighted by Crippen LogP contribution is 2.27.